The Labute approximate surface area is 187 Å². The number of hydrogen-bond donors (Lipinski definition) is 3. The van der Waals surface area contributed by atoms with E-state index in [-0.39, 0.29) is 9.88 Å². The zero-order chi connectivity index (χ0) is 22.5. The maximum absolute atomic E-state index is 13.0. The summed E-state index contributed by atoms with van der Waals surface area (Å²) in [5.74, 6) is 0.469. The van der Waals surface area contributed by atoms with Crippen LogP contribution in [0.4, 0.5) is 5.69 Å². The van der Waals surface area contributed by atoms with Crippen LogP contribution in [0.3, 0.4) is 0 Å². The lowest BCUT2D eigenvalue weighted by Gasteiger charge is -2.14. The van der Waals surface area contributed by atoms with E-state index < -0.39 is 11.5 Å². The van der Waals surface area contributed by atoms with Gasteiger partial charge in [0.2, 0.25) is 0 Å². The van der Waals surface area contributed by atoms with Crippen LogP contribution in [0, 0.1) is 4.77 Å². The van der Waals surface area contributed by atoms with Crippen LogP contribution in [0.15, 0.2) is 41.2 Å². The number of aromatic nitrogens is 2. The average molecular weight is 461 g/mol. The first-order valence-corrected chi connectivity index (χ1v) is 9.95. The number of carbonyl (C=O) groups is 1. The third-order valence-corrected chi connectivity index (χ3v) is 4.75. The molecule has 0 aliphatic rings. The van der Waals surface area contributed by atoms with Gasteiger partial charge in [0, 0.05) is 11.8 Å². The highest BCUT2D eigenvalue weighted by Gasteiger charge is 2.13. The van der Waals surface area contributed by atoms with Crippen molar-refractivity contribution in [1.82, 2.24) is 9.66 Å². The van der Waals surface area contributed by atoms with Crippen molar-refractivity contribution in [2.45, 2.75) is 6.92 Å². The van der Waals surface area contributed by atoms with E-state index in [4.69, 9.17) is 38.6 Å². The molecule has 11 heteroatoms. The van der Waals surface area contributed by atoms with E-state index in [0.717, 1.165) is 4.68 Å². The summed E-state index contributed by atoms with van der Waals surface area (Å²) >= 11 is 10.6. The number of fused-ring (bicyclic) bond motifs is 1. The highest BCUT2D eigenvalue weighted by molar-refractivity contribution is 7.80. The van der Waals surface area contributed by atoms with E-state index in [1.165, 1.54) is 14.2 Å². The van der Waals surface area contributed by atoms with Gasteiger partial charge in [-0.1, -0.05) is 0 Å². The van der Waals surface area contributed by atoms with Gasteiger partial charge in [-0.05, 0) is 61.7 Å². The lowest BCUT2D eigenvalue weighted by molar-refractivity contribution is 0.0526. The molecule has 0 spiro atoms. The van der Waals surface area contributed by atoms with Crippen LogP contribution in [0.5, 0.6) is 11.5 Å². The fourth-order valence-corrected chi connectivity index (χ4v) is 3.26. The van der Waals surface area contributed by atoms with Gasteiger partial charge in [0.05, 0.1) is 37.3 Å². The smallest absolute Gasteiger partial charge is 0.338 e. The lowest BCUT2D eigenvalue weighted by Crippen LogP contribution is -2.36. The molecule has 31 heavy (non-hydrogen) atoms. The topological polar surface area (TPSA) is 107 Å². The molecule has 0 aliphatic carbocycles. The summed E-state index contributed by atoms with van der Waals surface area (Å²) in [4.78, 5) is 27.7. The van der Waals surface area contributed by atoms with Gasteiger partial charge in [-0.15, -0.1) is 0 Å². The number of nitrogens with one attached hydrogen (secondary N) is 3. The third-order valence-electron chi connectivity index (χ3n) is 4.27. The molecule has 0 fully saturated rings. The number of hydrogen-bond acceptors (Lipinski definition) is 7. The Hall–Kier alpha value is -3.44. The number of thiocarbonyl (C=S) groups is 1. The number of carbonyl (C=O) groups excluding carboxylic acids is 1. The van der Waals surface area contributed by atoms with Crippen LogP contribution < -0.4 is 25.8 Å². The van der Waals surface area contributed by atoms with Crippen LogP contribution in [0.1, 0.15) is 17.3 Å². The molecule has 0 saturated carbocycles. The highest BCUT2D eigenvalue weighted by atomic mass is 32.1. The van der Waals surface area contributed by atoms with E-state index in [0.29, 0.717) is 40.3 Å². The van der Waals surface area contributed by atoms with Crippen molar-refractivity contribution >= 4 is 52.1 Å². The maximum Gasteiger partial charge on any atom is 0.338 e. The number of ether oxygens (including phenoxy) is 3. The molecule has 1 aromatic heterocycles. The quantitative estimate of drug-likeness (QED) is 0.378. The lowest BCUT2D eigenvalue weighted by atomic mass is 10.2. The number of aromatic amines is 1. The fraction of sp³-hybridized carbons (Fsp3) is 0.200. The molecular formula is C20H20N4O5S2. The van der Waals surface area contributed by atoms with Gasteiger partial charge < -0.3 is 24.5 Å². The van der Waals surface area contributed by atoms with Crippen molar-refractivity contribution in [2.24, 2.45) is 0 Å². The molecule has 3 N–H and O–H groups in total. The number of esters is 1. The Kier molecular flexibility index (Phi) is 6.88. The Balaban J connectivity index is 1.84. The molecule has 0 aliphatic heterocycles. The molecule has 3 rings (SSSR count). The number of rotatable bonds is 6. The number of methoxy groups -OCH3 is 2. The maximum atomic E-state index is 13.0. The highest BCUT2D eigenvalue weighted by Crippen LogP contribution is 2.29. The number of H-pyrrole nitrogens is 1. The zero-order valence-electron chi connectivity index (χ0n) is 17.0. The first-order chi connectivity index (χ1) is 14.9. The van der Waals surface area contributed by atoms with Crippen molar-refractivity contribution in [1.29, 1.82) is 0 Å². The van der Waals surface area contributed by atoms with Crippen molar-refractivity contribution in [3.05, 3.63) is 57.1 Å². The second kappa shape index (κ2) is 9.58. The monoisotopic (exact) mass is 460 g/mol. The molecule has 1 heterocycles. The predicted octanol–water partition coefficient (Wildman–Crippen LogP) is 3.19. The van der Waals surface area contributed by atoms with Crippen molar-refractivity contribution in [2.75, 3.05) is 31.6 Å². The SMILES string of the molecule is CCOC(=O)c1ccc(NC(=S)Nn2c(=S)[nH]c3cc(OC)c(OC)cc3c2=O)cc1. The molecule has 3 aromatic rings. The van der Waals surface area contributed by atoms with Crippen LogP contribution in [-0.2, 0) is 4.74 Å². The summed E-state index contributed by atoms with van der Waals surface area (Å²) in [5.41, 5.74) is 3.88. The first kappa shape index (κ1) is 22.2. The average Bonchev–Trinajstić information content (AvgIpc) is 2.76. The standard InChI is InChI=1S/C20H20N4O5S2/c1-4-29-18(26)11-5-7-12(8-6-11)21-19(30)23-24-17(25)13-9-15(27-2)16(28-3)10-14(13)22-20(24)31/h5-10H,4H2,1-3H3,(H,22,31)(H2,21,23,30). The number of nitrogens with zero attached hydrogens (tertiary/aromatic N) is 1. The molecular weight excluding hydrogens is 440 g/mol. The van der Waals surface area contributed by atoms with Gasteiger partial charge in [0.25, 0.3) is 5.56 Å². The molecule has 2 aromatic carbocycles. The van der Waals surface area contributed by atoms with E-state index in [9.17, 15) is 9.59 Å². The summed E-state index contributed by atoms with van der Waals surface area (Å²) < 4.78 is 16.7. The predicted molar refractivity (Wildman–Crippen MR) is 124 cm³/mol. The summed E-state index contributed by atoms with van der Waals surface area (Å²) in [6.07, 6.45) is 0. The summed E-state index contributed by atoms with van der Waals surface area (Å²) in [6.45, 7) is 2.04. The Morgan fingerprint density at radius 1 is 1.13 bits per heavy atom. The summed E-state index contributed by atoms with van der Waals surface area (Å²) in [5, 5.41) is 3.40. The number of anilines is 1. The Morgan fingerprint density at radius 2 is 1.77 bits per heavy atom. The molecule has 9 nitrogen and oxygen atoms in total. The summed E-state index contributed by atoms with van der Waals surface area (Å²) in [7, 11) is 2.99. The molecule has 0 atom stereocenters. The van der Waals surface area contributed by atoms with Crippen LogP contribution in [0.25, 0.3) is 10.9 Å². The van der Waals surface area contributed by atoms with Crippen LogP contribution in [-0.4, -0.2) is 41.6 Å². The van der Waals surface area contributed by atoms with Gasteiger partial charge in [0.1, 0.15) is 0 Å². The molecule has 0 amide bonds. The largest absolute Gasteiger partial charge is 0.493 e. The summed E-state index contributed by atoms with van der Waals surface area (Å²) in [6, 6.07) is 9.75. The molecule has 0 saturated heterocycles. The second-order valence-electron chi connectivity index (χ2n) is 6.19. The van der Waals surface area contributed by atoms with Gasteiger partial charge in [0.15, 0.2) is 21.4 Å². The first-order valence-electron chi connectivity index (χ1n) is 9.14. The third kappa shape index (κ3) is 4.84. The zero-order valence-corrected chi connectivity index (χ0v) is 18.6. The number of benzene rings is 2. The minimum absolute atomic E-state index is 0.117. The molecule has 0 bridgehead atoms. The Bertz CT molecular complexity index is 1250. The fourth-order valence-electron chi connectivity index (χ4n) is 2.81. The van der Waals surface area contributed by atoms with E-state index in [2.05, 4.69) is 15.7 Å². The minimum atomic E-state index is -0.415. The van der Waals surface area contributed by atoms with Crippen molar-refractivity contribution < 1.29 is 19.0 Å². The van der Waals surface area contributed by atoms with Crippen LogP contribution in [0.2, 0.25) is 0 Å². The van der Waals surface area contributed by atoms with Gasteiger partial charge >= 0.3 is 5.97 Å². The van der Waals surface area contributed by atoms with Gasteiger partial charge in [-0.25, -0.2) is 4.79 Å². The Morgan fingerprint density at radius 3 is 2.39 bits per heavy atom. The van der Waals surface area contributed by atoms with Gasteiger partial charge in [-0.2, -0.15) is 4.68 Å². The van der Waals surface area contributed by atoms with E-state index in [1.54, 1.807) is 43.3 Å². The van der Waals surface area contributed by atoms with Crippen molar-refractivity contribution in [3.63, 3.8) is 0 Å². The molecule has 0 unspecified atom stereocenters. The second-order valence-corrected chi connectivity index (χ2v) is 6.98. The van der Waals surface area contributed by atoms with Crippen LogP contribution >= 0.6 is 24.4 Å². The minimum Gasteiger partial charge on any atom is -0.493 e. The van der Waals surface area contributed by atoms with Crippen molar-refractivity contribution in [3.8, 4) is 11.5 Å². The van der Waals surface area contributed by atoms with E-state index in [1.807, 2.05) is 0 Å². The van der Waals surface area contributed by atoms with Gasteiger partial charge in [-0.3, -0.25) is 10.2 Å². The molecule has 162 valence electrons. The normalized spacial score (nSPS) is 10.4. The molecule has 0 radical (unpaired) electrons. The van der Waals surface area contributed by atoms with E-state index >= 15 is 0 Å².